The molecule has 0 saturated carbocycles. The Bertz CT molecular complexity index is 579. The Balaban J connectivity index is 1.84. The summed E-state index contributed by atoms with van der Waals surface area (Å²) in [6.45, 7) is 5.20. The Morgan fingerprint density at radius 2 is 1.13 bits per heavy atom. The quantitative estimate of drug-likeness (QED) is 0.168. The number of rotatable bonds is 19. The lowest BCUT2D eigenvalue weighted by atomic mass is 10.1. The van der Waals surface area contributed by atoms with Gasteiger partial charge in [-0.05, 0) is 31.7 Å². The van der Waals surface area contributed by atoms with Gasteiger partial charge in [0.2, 0.25) is 0 Å². The summed E-state index contributed by atoms with van der Waals surface area (Å²) in [5.74, 6) is -0.174. The molecule has 1 aromatic carbocycles. The first kappa shape index (κ1) is 27.2. The summed E-state index contributed by atoms with van der Waals surface area (Å²) in [5, 5.41) is 0. The van der Waals surface area contributed by atoms with Crippen LogP contribution in [0.1, 0.15) is 114 Å². The number of aryl methyl sites for hydroxylation is 1. The fourth-order valence-corrected chi connectivity index (χ4v) is 3.48. The van der Waals surface area contributed by atoms with Crippen molar-refractivity contribution < 1.29 is 19.1 Å². The van der Waals surface area contributed by atoms with Gasteiger partial charge in [0, 0.05) is 12.8 Å². The maximum atomic E-state index is 11.8. The zero-order chi connectivity index (χ0) is 22.6. The third kappa shape index (κ3) is 16.5. The molecule has 0 bridgehead atoms. The van der Waals surface area contributed by atoms with Crippen LogP contribution in [0.2, 0.25) is 0 Å². The predicted molar refractivity (Wildman–Crippen MR) is 127 cm³/mol. The van der Waals surface area contributed by atoms with E-state index in [1.54, 1.807) is 0 Å². The molecular formula is C27H44O4. The van der Waals surface area contributed by atoms with Crippen molar-refractivity contribution in [3.8, 4) is 0 Å². The lowest BCUT2D eigenvalue weighted by molar-refractivity contribution is -0.145. The highest BCUT2D eigenvalue weighted by molar-refractivity contribution is 5.69. The van der Waals surface area contributed by atoms with E-state index >= 15 is 0 Å². The van der Waals surface area contributed by atoms with Gasteiger partial charge in [-0.25, -0.2) is 0 Å². The highest BCUT2D eigenvalue weighted by atomic mass is 16.5. The molecule has 0 saturated heterocycles. The van der Waals surface area contributed by atoms with E-state index in [1.807, 2.05) is 31.2 Å². The topological polar surface area (TPSA) is 52.6 Å². The number of ether oxygens (including phenoxy) is 2. The van der Waals surface area contributed by atoms with Gasteiger partial charge in [0.15, 0.2) is 0 Å². The molecule has 1 aromatic rings. The number of hydrogen-bond donors (Lipinski definition) is 0. The molecule has 31 heavy (non-hydrogen) atoms. The molecule has 0 aliphatic heterocycles. The monoisotopic (exact) mass is 432 g/mol. The van der Waals surface area contributed by atoms with Crippen molar-refractivity contribution in [2.24, 2.45) is 0 Å². The van der Waals surface area contributed by atoms with Crippen LogP contribution < -0.4 is 0 Å². The summed E-state index contributed by atoms with van der Waals surface area (Å²) in [6.07, 6.45) is 15.7. The summed E-state index contributed by atoms with van der Waals surface area (Å²) < 4.78 is 10.6. The lowest BCUT2D eigenvalue weighted by Crippen LogP contribution is -2.05. The van der Waals surface area contributed by atoms with E-state index in [0.717, 1.165) is 56.9 Å². The number of carbonyl (C=O) groups excluding carboxylic acids is 2. The first-order valence-electron chi connectivity index (χ1n) is 12.5. The van der Waals surface area contributed by atoms with Crippen LogP contribution in [-0.4, -0.2) is 18.5 Å². The van der Waals surface area contributed by atoms with Gasteiger partial charge in [-0.3, -0.25) is 9.59 Å². The smallest absolute Gasteiger partial charge is 0.306 e. The van der Waals surface area contributed by atoms with Gasteiger partial charge in [0.25, 0.3) is 0 Å². The number of carbonyl (C=O) groups is 2. The molecule has 0 heterocycles. The minimum Gasteiger partial charge on any atom is -0.466 e. The number of unbranched alkanes of at least 4 members (excludes halogenated alkanes) is 11. The van der Waals surface area contributed by atoms with Gasteiger partial charge in [-0.15, -0.1) is 0 Å². The van der Waals surface area contributed by atoms with E-state index in [1.165, 1.54) is 37.7 Å². The molecule has 4 heteroatoms. The standard InChI is InChI=1S/C27H44O4/c1-3-4-5-6-9-12-15-22-30-26(28)16-13-10-7-8-11-14-17-27(29)31-23-25-20-18-24(2)19-21-25/h18-21H,3-17,22-23H2,1-2H3. The van der Waals surface area contributed by atoms with Gasteiger partial charge < -0.3 is 9.47 Å². The highest BCUT2D eigenvalue weighted by Crippen LogP contribution is 2.11. The second kappa shape index (κ2) is 18.9. The molecular weight excluding hydrogens is 388 g/mol. The second-order valence-corrected chi connectivity index (χ2v) is 8.61. The zero-order valence-electron chi connectivity index (χ0n) is 20.0. The highest BCUT2D eigenvalue weighted by Gasteiger charge is 2.05. The van der Waals surface area contributed by atoms with Crippen LogP contribution >= 0.6 is 0 Å². The van der Waals surface area contributed by atoms with Crippen molar-refractivity contribution in [1.29, 1.82) is 0 Å². The van der Waals surface area contributed by atoms with Crippen LogP contribution in [0.4, 0.5) is 0 Å². The van der Waals surface area contributed by atoms with E-state index in [9.17, 15) is 9.59 Å². The first-order chi connectivity index (χ1) is 15.1. The fourth-order valence-electron chi connectivity index (χ4n) is 3.48. The Hall–Kier alpha value is -1.84. The second-order valence-electron chi connectivity index (χ2n) is 8.61. The van der Waals surface area contributed by atoms with Crippen molar-refractivity contribution in [2.75, 3.05) is 6.61 Å². The molecule has 176 valence electrons. The maximum Gasteiger partial charge on any atom is 0.306 e. The van der Waals surface area contributed by atoms with E-state index in [4.69, 9.17) is 9.47 Å². The average Bonchev–Trinajstić information content (AvgIpc) is 2.77. The van der Waals surface area contributed by atoms with Gasteiger partial charge in [0.05, 0.1) is 6.61 Å². The molecule has 0 aliphatic rings. The summed E-state index contributed by atoms with van der Waals surface area (Å²) in [5.41, 5.74) is 2.23. The molecule has 0 aromatic heterocycles. The third-order valence-corrected chi connectivity index (χ3v) is 5.54. The van der Waals surface area contributed by atoms with Gasteiger partial charge >= 0.3 is 11.9 Å². The van der Waals surface area contributed by atoms with E-state index < -0.39 is 0 Å². The van der Waals surface area contributed by atoms with Crippen LogP contribution in [0.5, 0.6) is 0 Å². The molecule has 0 atom stereocenters. The van der Waals surface area contributed by atoms with Crippen molar-refractivity contribution in [2.45, 2.75) is 117 Å². The molecule has 0 aliphatic carbocycles. The summed E-state index contributed by atoms with van der Waals surface area (Å²) >= 11 is 0. The molecule has 0 N–H and O–H groups in total. The molecule has 0 amide bonds. The van der Waals surface area contributed by atoms with Crippen molar-refractivity contribution in [3.05, 3.63) is 35.4 Å². The number of esters is 2. The van der Waals surface area contributed by atoms with E-state index in [-0.39, 0.29) is 11.9 Å². The van der Waals surface area contributed by atoms with Gasteiger partial charge in [-0.2, -0.15) is 0 Å². The molecule has 0 radical (unpaired) electrons. The average molecular weight is 433 g/mol. The Morgan fingerprint density at radius 1 is 0.645 bits per heavy atom. The first-order valence-corrected chi connectivity index (χ1v) is 12.5. The van der Waals surface area contributed by atoms with Gasteiger partial charge in [-0.1, -0.05) is 101 Å². The SMILES string of the molecule is CCCCCCCCCOC(=O)CCCCCCCCC(=O)OCc1ccc(C)cc1. The zero-order valence-corrected chi connectivity index (χ0v) is 20.0. The maximum absolute atomic E-state index is 11.8. The van der Waals surface area contributed by atoms with Crippen molar-refractivity contribution >= 4 is 11.9 Å². The van der Waals surface area contributed by atoms with Gasteiger partial charge in [0.1, 0.15) is 6.61 Å². The summed E-state index contributed by atoms with van der Waals surface area (Å²) in [4.78, 5) is 23.5. The minimum absolute atomic E-state index is 0.0534. The Labute approximate surface area is 190 Å². The Kier molecular flexibility index (Phi) is 16.6. The van der Waals surface area contributed by atoms with E-state index in [2.05, 4.69) is 6.92 Å². The summed E-state index contributed by atoms with van der Waals surface area (Å²) in [7, 11) is 0. The molecule has 1 rings (SSSR count). The normalized spacial score (nSPS) is 10.8. The third-order valence-electron chi connectivity index (χ3n) is 5.54. The molecule has 0 spiro atoms. The van der Waals surface area contributed by atoms with Crippen LogP contribution in [0.15, 0.2) is 24.3 Å². The molecule has 0 fully saturated rings. The van der Waals surface area contributed by atoms with Crippen LogP contribution in [0.25, 0.3) is 0 Å². The van der Waals surface area contributed by atoms with E-state index in [0.29, 0.717) is 26.1 Å². The Morgan fingerprint density at radius 3 is 1.71 bits per heavy atom. The number of benzene rings is 1. The summed E-state index contributed by atoms with van der Waals surface area (Å²) in [6, 6.07) is 8.04. The van der Waals surface area contributed by atoms with Crippen molar-refractivity contribution in [3.63, 3.8) is 0 Å². The molecule has 4 nitrogen and oxygen atoms in total. The van der Waals surface area contributed by atoms with Crippen LogP contribution in [-0.2, 0) is 25.7 Å². The van der Waals surface area contributed by atoms with Crippen LogP contribution in [0.3, 0.4) is 0 Å². The largest absolute Gasteiger partial charge is 0.466 e. The number of hydrogen-bond acceptors (Lipinski definition) is 4. The fraction of sp³-hybridized carbons (Fsp3) is 0.704. The predicted octanol–water partition coefficient (Wildman–Crippen LogP) is 7.45. The lowest BCUT2D eigenvalue weighted by Gasteiger charge is -2.06. The molecule has 0 unspecified atom stereocenters. The minimum atomic E-state index is -0.121. The van der Waals surface area contributed by atoms with Crippen LogP contribution in [0, 0.1) is 6.92 Å². The van der Waals surface area contributed by atoms with Crippen molar-refractivity contribution in [1.82, 2.24) is 0 Å².